The molecule has 4 N–H and O–H groups in total. The summed E-state index contributed by atoms with van der Waals surface area (Å²) >= 11 is 2.27. The first-order valence-corrected chi connectivity index (χ1v) is 16.8. The number of allylic oxidation sites excluding steroid dienone is 2. The summed E-state index contributed by atoms with van der Waals surface area (Å²) in [5.41, 5.74) is 6.58. The number of methoxy groups -OCH3 is 1. The third-order valence-electron chi connectivity index (χ3n) is 7.22. The highest BCUT2D eigenvalue weighted by Crippen LogP contribution is 2.36. The Balaban J connectivity index is 1.44. The van der Waals surface area contributed by atoms with Crippen molar-refractivity contribution in [2.45, 2.75) is 46.1 Å². The number of hydrogen-bond donors (Lipinski definition) is 4. The Bertz CT molecular complexity index is 1690. The van der Waals surface area contributed by atoms with Gasteiger partial charge in [0.15, 0.2) is 29.2 Å². The zero-order valence-corrected chi connectivity index (χ0v) is 30.0. The molecule has 0 radical (unpaired) electrons. The fraction of sp³-hybridized carbons (Fsp3) is 0.306. The molecule has 3 aromatic carbocycles. The number of hydrazone groups is 1. The minimum Gasteiger partial charge on any atom is -0.490 e. The molecular weight excluding hydrogens is 743 g/mol. The van der Waals surface area contributed by atoms with Crippen LogP contribution in [0.25, 0.3) is 0 Å². The average Bonchev–Trinajstić information content (AvgIpc) is 3.08. The Morgan fingerprint density at radius 1 is 1.04 bits per heavy atom. The Morgan fingerprint density at radius 3 is 2.47 bits per heavy atom. The first-order chi connectivity index (χ1) is 23.7. The second kappa shape index (κ2) is 18.1. The average molecular weight is 785 g/mol. The van der Waals surface area contributed by atoms with E-state index in [1.165, 1.54) is 7.11 Å². The largest absolute Gasteiger partial charge is 0.490 e. The van der Waals surface area contributed by atoms with E-state index in [0.717, 1.165) is 20.3 Å². The normalized spacial score (nSPS) is 14.8. The summed E-state index contributed by atoms with van der Waals surface area (Å²) in [6, 6.07) is 15.7. The first-order valence-electron chi connectivity index (χ1n) is 15.7. The second-order valence-corrected chi connectivity index (χ2v) is 12.0. The molecule has 2 amide bonds. The molecule has 2 atom stereocenters. The topological polar surface area (TPSA) is 149 Å². The molecule has 0 aromatic heterocycles. The second-order valence-electron chi connectivity index (χ2n) is 10.8. The van der Waals surface area contributed by atoms with Gasteiger partial charge in [0.2, 0.25) is 0 Å². The van der Waals surface area contributed by atoms with E-state index in [-0.39, 0.29) is 12.2 Å². The molecular formula is C36H41IN4O8. The monoisotopic (exact) mass is 784 g/mol. The van der Waals surface area contributed by atoms with Gasteiger partial charge < -0.3 is 39.4 Å². The molecule has 12 nitrogen and oxygen atoms in total. The molecule has 0 saturated heterocycles. The minimum atomic E-state index is -1.17. The van der Waals surface area contributed by atoms with Gasteiger partial charge in [-0.2, -0.15) is 5.10 Å². The predicted molar refractivity (Wildman–Crippen MR) is 194 cm³/mol. The van der Waals surface area contributed by atoms with Crippen molar-refractivity contribution in [1.29, 1.82) is 0 Å². The molecule has 260 valence electrons. The summed E-state index contributed by atoms with van der Waals surface area (Å²) in [5.74, 6) is 1.37. The smallest absolute Gasteiger partial charge is 0.337 e. The predicted octanol–water partition coefficient (Wildman–Crippen LogP) is 5.52. The van der Waals surface area contributed by atoms with E-state index in [4.69, 9.17) is 23.7 Å². The number of benzene rings is 3. The highest BCUT2D eigenvalue weighted by molar-refractivity contribution is 14.1. The number of rotatable bonds is 17. The molecule has 1 aliphatic heterocycles. The Labute approximate surface area is 299 Å². The Morgan fingerprint density at radius 2 is 1.78 bits per heavy atom. The lowest BCUT2D eigenvalue weighted by molar-refractivity contribution is -0.136. The van der Waals surface area contributed by atoms with Gasteiger partial charge in [0.25, 0.3) is 0 Å². The van der Waals surface area contributed by atoms with Gasteiger partial charge >= 0.3 is 12.0 Å². The number of carbonyl (C=O) groups is 2. The zero-order chi connectivity index (χ0) is 35.3. The molecule has 0 spiro atoms. The summed E-state index contributed by atoms with van der Waals surface area (Å²) < 4.78 is 29.9. The number of halogens is 1. The summed E-state index contributed by atoms with van der Waals surface area (Å²) in [6.45, 7) is 10.2. The van der Waals surface area contributed by atoms with Crippen molar-refractivity contribution < 1.29 is 38.4 Å². The number of carbonyl (C=O) groups excluding carboxylic acids is 2. The quantitative estimate of drug-likeness (QED) is 0.0347. The molecule has 49 heavy (non-hydrogen) atoms. The Hall–Kier alpha value is -4.76. The van der Waals surface area contributed by atoms with Gasteiger partial charge in [0.05, 0.1) is 38.2 Å². The lowest BCUT2D eigenvalue weighted by Crippen LogP contribution is -2.45. The van der Waals surface area contributed by atoms with Crippen molar-refractivity contribution in [2.75, 3.05) is 26.9 Å². The maximum Gasteiger partial charge on any atom is 0.337 e. The standard InChI is InChI=1S/C36H41IN4O8/c1-6-9-26-16-24(17-30(47-8-3)34(26)49-20-23-10-13-27(37)14-11-23)19-38-41-31(42)21-48-28-15-12-25(18-29(28)46-7-2)33-32(35(43)45-5)22(4)39-36(44)40-33/h6,10-19,31,33,41-42H,1,7-9,20-21H2,2-5H3,(H2,39,40,44)/b38-19-/t31-,33-/m1/s1. The number of aliphatic hydroxyl groups is 1. The highest BCUT2D eigenvalue weighted by Gasteiger charge is 2.32. The van der Waals surface area contributed by atoms with Crippen molar-refractivity contribution in [2.24, 2.45) is 5.10 Å². The number of urea groups is 1. The number of nitrogens with zero attached hydrogens (tertiary/aromatic N) is 1. The lowest BCUT2D eigenvalue weighted by Gasteiger charge is -2.28. The van der Waals surface area contributed by atoms with E-state index in [0.29, 0.717) is 60.5 Å². The van der Waals surface area contributed by atoms with Crippen molar-refractivity contribution in [1.82, 2.24) is 16.1 Å². The van der Waals surface area contributed by atoms with E-state index in [1.54, 1.807) is 37.4 Å². The first kappa shape index (κ1) is 37.1. The van der Waals surface area contributed by atoms with Crippen molar-refractivity contribution in [3.8, 4) is 23.0 Å². The van der Waals surface area contributed by atoms with Crippen molar-refractivity contribution in [3.05, 3.63) is 104 Å². The van der Waals surface area contributed by atoms with Crippen LogP contribution in [0.15, 0.2) is 83.6 Å². The van der Waals surface area contributed by atoms with Crippen LogP contribution in [0.2, 0.25) is 0 Å². The molecule has 1 aliphatic rings. The van der Waals surface area contributed by atoms with Gasteiger partial charge in [-0.05, 0) is 103 Å². The maximum atomic E-state index is 12.5. The minimum absolute atomic E-state index is 0.162. The van der Waals surface area contributed by atoms with Crippen LogP contribution in [-0.4, -0.2) is 56.5 Å². The Kier molecular flexibility index (Phi) is 13.7. The SMILES string of the molecule is C=CCc1cc(/C=N\N[C@H](O)COc2ccc([C@H]3NC(=O)NC(C)=C3C(=O)OC)cc2OCC)cc(OCC)c1OCc1ccc(I)cc1. The number of esters is 1. The van der Waals surface area contributed by atoms with Crippen LogP contribution in [-0.2, 0) is 22.6 Å². The van der Waals surface area contributed by atoms with Gasteiger partial charge in [-0.1, -0.05) is 24.3 Å². The summed E-state index contributed by atoms with van der Waals surface area (Å²) in [4.78, 5) is 24.7. The van der Waals surface area contributed by atoms with E-state index in [1.807, 2.05) is 50.2 Å². The molecule has 0 fully saturated rings. The van der Waals surface area contributed by atoms with Crippen LogP contribution in [0.4, 0.5) is 4.79 Å². The lowest BCUT2D eigenvalue weighted by atomic mass is 9.95. The number of hydrogen-bond acceptors (Lipinski definition) is 10. The molecule has 0 aliphatic carbocycles. The van der Waals surface area contributed by atoms with Gasteiger partial charge in [0, 0.05) is 14.8 Å². The van der Waals surface area contributed by atoms with Crippen LogP contribution in [0.3, 0.4) is 0 Å². The van der Waals surface area contributed by atoms with Gasteiger partial charge in [-0.15, -0.1) is 6.58 Å². The van der Waals surface area contributed by atoms with Crippen LogP contribution >= 0.6 is 22.6 Å². The summed E-state index contributed by atoms with van der Waals surface area (Å²) in [7, 11) is 1.28. The fourth-order valence-electron chi connectivity index (χ4n) is 5.05. The third kappa shape index (κ3) is 10.1. The maximum absolute atomic E-state index is 12.5. The van der Waals surface area contributed by atoms with E-state index >= 15 is 0 Å². The van der Waals surface area contributed by atoms with Crippen molar-refractivity contribution >= 4 is 40.8 Å². The molecule has 0 unspecified atom stereocenters. The van der Waals surface area contributed by atoms with E-state index in [9.17, 15) is 14.7 Å². The van der Waals surface area contributed by atoms with E-state index < -0.39 is 24.3 Å². The molecule has 1 heterocycles. The fourth-order valence-corrected chi connectivity index (χ4v) is 5.41. The van der Waals surface area contributed by atoms with Gasteiger partial charge in [0.1, 0.15) is 13.2 Å². The van der Waals surface area contributed by atoms with Gasteiger partial charge in [-0.3, -0.25) is 5.43 Å². The van der Waals surface area contributed by atoms with E-state index in [2.05, 4.69) is 50.3 Å². The number of amides is 2. The molecule has 0 bridgehead atoms. The summed E-state index contributed by atoms with van der Waals surface area (Å²) in [5, 5.41) is 20.2. The van der Waals surface area contributed by atoms with Crippen LogP contribution in [0, 0.1) is 3.57 Å². The number of aliphatic hydroxyl groups excluding tert-OH is 1. The van der Waals surface area contributed by atoms with Crippen LogP contribution in [0.5, 0.6) is 23.0 Å². The van der Waals surface area contributed by atoms with Gasteiger partial charge in [-0.25, -0.2) is 9.59 Å². The molecule has 3 aromatic rings. The summed E-state index contributed by atoms with van der Waals surface area (Å²) in [6.07, 6.45) is 2.76. The zero-order valence-electron chi connectivity index (χ0n) is 27.9. The van der Waals surface area contributed by atoms with Crippen LogP contribution < -0.4 is 35.0 Å². The third-order valence-corrected chi connectivity index (χ3v) is 7.94. The van der Waals surface area contributed by atoms with Crippen LogP contribution in [0.1, 0.15) is 49.1 Å². The molecule has 0 saturated carbocycles. The molecule has 13 heteroatoms. The highest BCUT2D eigenvalue weighted by atomic mass is 127. The van der Waals surface area contributed by atoms with Crippen molar-refractivity contribution in [3.63, 3.8) is 0 Å². The number of ether oxygens (including phenoxy) is 5. The molecule has 4 rings (SSSR count). The number of nitrogens with one attached hydrogen (secondary N) is 3.